The number of thioether (sulfide) groups is 1. The molecule has 0 spiro atoms. The molecule has 0 unspecified atom stereocenters. The first-order valence-electron chi connectivity index (χ1n) is 7.10. The summed E-state index contributed by atoms with van der Waals surface area (Å²) in [5.41, 5.74) is 1.72. The Hall–Kier alpha value is -1.72. The number of hydrogen-bond acceptors (Lipinski definition) is 5. The number of fused-ring (bicyclic) bond motifs is 1. The minimum Gasteiger partial charge on any atom is -0.508 e. The van der Waals surface area contributed by atoms with Crippen LogP contribution in [0.2, 0.25) is 5.02 Å². The maximum Gasteiger partial charge on any atom is 0.160 e. The smallest absolute Gasteiger partial charge is 0.160 e. The zero-order chi connectivity index (χ0) is 15.1. The zero-order valence-corrected chi connectivity index (χ0v) is 13.3. The van der Waals surface area contributed by atoms with Crippen molar-refractivity contribution in [3.63, 3.8) is 0 Å². The summed E-state index contributed by atoms with van der Waals surface area (Å²) in [5, 5.41) is 12.0. The van der Waals surface area contributed by atoms with Crippen molar-refractivity contribution in [2.75, 3.05) is 12.3 Å². The highest BCUT2D eigenvalue weighted by Gasteiger charge is 2.42. The number of aromatic nitrogens is 1. The lowest BCUT2D eigenvalue weighted by Gasteiger charge is -2.27. The summed E-state index contributed by atoms with van der Waals surface area (Å²) in [5.74, 6) is 1.27. The summed E-state index contributed by atoms with van der Waals surface area (Å²) >= 11 is 7.90. The molecule has 1 aromatic carbocycles. The van der Waals surface area contributed by atoms with Crippen molar-refractivity contribution < 1.29 is 5.11 Å². The van der Waals surface area contributed by atoms with Crippen molar-refractivity contribution in [3.8, 4) is 5.75 Å². The number of rotatable bonds is 2. The molecule has 0 bridgehead atoms. The van der Waals surface area contributed by atoms with Crippen molar-refractivity contribution in [2.24, 2.45) is 4.99 Å². The van der Waals surface area contributed by atoms with Crippen LogP contribution in [0.15, 0.2) is 47.6 Å². The van der Waals surface area contributed by atoms with E-state index in [1.54, 1.807) is 30.1 Å². The van der Waals surface area contributed by atoms with E-state index in [4.69, 9.17) is 16.6 Å². The molecule has 0 amide bonds. The van der Waals surface area contributed by atoms with Gasteiger partial charge in [-0.2, -0.15) is 0 Å². The Kier molecular flexibility index (Phi) is 3.47. The Morgan fingerprint density at radius 2 is 2.18 bits per heavy atom. The third-order valence-electron chi connectivity index (χ3n) is 3.99. The molecule has 2 aliphatic heterocycles. The van der Waals surface area contributed by atoms with Gasteiger partial charge in [0.2, 0.25) is 0 Å². The fourth-order valence-corrected chi connectivity index (χ4v) is 4.23. The van der Waals surface area contributed by atoms with Crippen molar-refractivity contribution in [1.82, 2.24) is 9.88 Å². The van der Waals surface area contributed by atoms with E-state index in [1.807, 2.05) is 24.3 Å². The minimum atomic E-state index is -0.117. The van der Waals surface area contributed by atoms with Crippen LogP contribution in [-0.2, 0) is 0 Å². The largest absolute Gasteiger partial charge is 0.508 e. The van der Waals surface area contributed by atoms with Crippen molar-refractivity contribution in [2.45, 2.75) is 12.1 Å². The van der Waals surface area contributed by atoms with Crippen LogP contribution in [-0.4, -0.2) is 32.5 Å². The van der Waals surface area contributed by atoms with E-state index in [0.717, 1.165) is 28.7 Å². The molecule has 22 heavy (non-hydrogen) atoms. The molecule has 1 saturated heterocycles. The molecule has 3 heterocycles. The zero-order valence-electron chi connectivity index (χ0n) is 11.7. The molecule has 6 heteroatoms. The van der Waals surface area contributed by atoms with Gasteiger partial charge in [0.05, 0.1) is 11.7 Å². The highest BCUT2D eigenvalue weighted by Crippen LogP contribution is 2.48. The Bertz CT molecular complexity index is 737. The second-order valence-corrected chi connectivity index (χ2v) is 6.80. The summed E-state index contributed by atoms with van der Waals surface area (Å²) in [6.07, 6.45) is 1.78. The van der Waals surface area contributed by atoms with Crippen LogP contribution in [0, 0.1) is 0 Å². The third kappa shape index (κ3) is 2.25. The second-order valence-electron chi connectivity index (χ2n) is 5.30. The monoisotopic (exact) mass is 331 g/mol. The van der Waals surface area contributed by atoms with Gasteiger partial charge in [0.1, 0.15) is 11.8 Å². The molecule has 1 fully saturated rings. The van der Waals surface area contributed by atoms with Gasteiger partial charge in [-0.15, -0.1) is 0 Å². The van der Waals surface area contributed by atoms with E-state index < -0.39 is 0 Å². The molecule has 112 valence electrons. The fraction of sp³-hybridized carbons (Fsp3) is 0.250. The lowest BCUT2D eigenvalue weighted by Crippen LogP contribution is -2.27. The normalized spacial score (nSPS) is 23.5. The lowest BCUT2D eigenvalue weighted by atomic mass is 9.96. The Morgan fingerprint density at radius 3 is 3.00 bits per heavy atom. The number of aromatic hydroxyl groups is 1. The van der Waals surface area contributed by atoms with E-state index in [-0.39, 0.29) is 17.8 Å². The third-order valence-corrected chi connectivity index (χ3v) is 5.21. The number of nitrogens with zero attached hydrogens (tertiary/aromatic N) is 3. The number of benzene rings is 1. The van der Waals surface area contributed by atoms with Gasteiger partial charge >= 0.3 is 0 Å². The summed E-state index contributed by atoms with van der Waals surface area (Å²) in [7, 11) is 0. The van der Waals surface area contributed by atoms with E-state index in [1.165, 1.54) is 0 Å². The van der Waals surface area contributed by atoms with Gasteiger partial charge in [-0.25, -0.2) is 0 Å². The molecule has 0 saturated carbocycles. The maximum absolute atomic E-state index is 10.3. The lowest BCUT2D eigenvalue weighted by molar-refractivity contribution is 0.321. The van der Waals surface area contributed by atoms with Crippen LogP contribution in [0.4, 0.5) is 0 Å². The molecule has 4 rings (SSSR count). The van der Waals surface area contributed by atoms with Crippen LogP contribution in [0.1, 0.15) is 23.3 Å². The molecule has 2 atom stereocenters. The van der Waals surface area contributed by atoms with E-state index in [9.17, 15) is 5.11 Å². The summed E-state index contributed by atoms with van der Waals surface area (Å²) in [6.45, 7) is 0.920. The van der Waals surface area contributed by atoms with E-state index in [2.05, 4.69) is 9.88 Å². The summed E-state index contributed by atoms with van der Waals surface area (Å²) in [4.78, 5) is 11.5. The second kappa shape index (κ2) is 5.48. The number of halogens is 1. The summed E-state index contributed by atoms with van der Waals surface area (Å²) in [6, 6.07) is 10.9. The molecular weight excluding hydrogens is 318 g/mol. The fourth-order valence-electron chi connectivity index (χ4n) is 3.02. The molecular formula is C16H14ClN3OS. The minimum absolute atomic E-state index is 0.0569. The van der Waals surface area contributed by atoms with Crippen molar-refractivity contribution >= 4 is 28.5 Å². The molecule has 4 nitrogen and oxygen atoms in total. The molecule has 2 aliphatic rings. The topological polar surface area (TPSA) is 48.7 Å². The number of aliphatic imine (C=N–C) groups is 1. The highest BCUT2D eigenvalue weighted by molar-refractivity contribution is 8.14. The van der Waals surface area contributed by atoms with E-state index in [0.29, 0.717) is 5.02 Å². The highest BCUT2D eigenvalue weighted by atomic mass is 35.5. The Morgan fingerprint density at radius 1 is 1.27 bits per heavy atom. The van der Waals surface area contributed by atoms with Gasteiger partial charge < -0.3 is 10.0 Å². The van der Waals surface area contributed by atoms with Crippen LogP contribution < -0.4 is 0 Å². The van der Waals surface area contributed by atoms with Crippen LogP contribution in [0.5, 0.6) is 5.75 Å². The van der Waals surface area contributed by atoms with Crippen molar-refractivity contribution in [3.05, 3.63) is 58.9 Å². The van der Waals surface area contributed by atoms with Crippen LogP contribution >= 0.6 is 23.4 Å². The van der Waals surface area contributed by atoms with Gasteiger partial charge in [-0.3, -0.25) is 9.98 Å². The van der Waals surface area contributed by atoms with Crippen LogP contribution in [0.3, 0.4) is 0 Å². The molecule has 0 aliphatic carbocycles. The Labute approximate surface area is 137 Å². The van der Waals surface area contributed by atoms with Gasteiger partial charge in [0, 0.05) is 29.1 Å². The average molecular weight is 332 g/mol. The van der Waals surface area contributed by atoms with E-state index >= 15 is 0 Å². The SMILES string of the molecule is Oc1ccc(Cl)cc1[C@H]1[C@H](c2ccccn2)N=C2SCCN21. The van der Waals surface area contributed by atoms with Crippen molar-refractivity contribution in [1.29, 1.82) is 0 Å². The number of phenolic OH excluding ortho intramolecular Hbond substituents is 1. The molecule has 1 N–H and O–H groups in total. The number of amidine groups is 1. The predicted octanol–water partition coefficient (Wildman–Crippen LogP) is 3.64. The summed E-state index contributed by atoms with van der Waals surface area (Å²) < 4.78 is 0. The Balaban J connectivity index is 1.82. The number of phenols is 1. The first-order chi connectivity index (χ1) is 10.7. The molecule has 0 radical (unpaired) electrons. The average Bonchev–Trinajstić information content (AvgIpc) is 3.11. The molecule has 1 aromatic heterocycles. The number of hydrogen-bond donors (Lipinski definition) is 1. The first kappa shape index (κ1) is 13.9. The number of pyridine rings is 1. The van der Waals surface area contributed by atoms with Gasteiger partial charge in [-0.1, -0.05) is 29.4 Å². The standard InChI is InChI=1S/C16H14ClN3OS/c17-10-4-5-13(21)11(9-10)15-14(12-3-1-2-6-18-12)19-16-20(15)7-8-22-16/h1-6,9,14-15,21H,7-8H2/t14-,15-/m0/s1. The van der Waals surface area contributed by atoms with Gasteiger partial charge in [0.25, 0.3) is 0 Å². The van der Waals surface area contributed by atoms with Gasteiger partial charge in [0.15, 0.2) is 5.17 Å². The molecule has 2 aromatic rings. The maximum atomic E-state index is 10.3. The first-order valence-corrected chi connectivity index (χ1v) is 8.47. The quantitative estimate of drug-likeness (QED) is 0.912. The van der Waals surface area contributed by atoms with Gasteiger partial charge in [-0.05, 0) is 30.3 Å². The van der Waals surface area contributed by atoms with Crippen LogP contribution in [0.25, 0.3) is 0 Å². The predicted molar refractivity (Wildman–Crippen MR) is 89.4 cm³/mol.